The zero-order chi connectivity index (χ0) is 11.4. The van der Waals surface area contributed by atoms with E-state index in [0.29, 0.717) is 5.96 Å². The first-order valence-corrected chi connectivity index (χ1v) is 4.87. The molecule has 0 aliphatic heterocycles. The number of anilines is 1. The van der Waals surface area contributed by atoms with Gasteiger partial charge in [0.15, 0.2) is 5.96 Å². The third kappa shape index (κ3) is 3.22. The highest BCUT2D eigenvalue weighted by Crippen LogP contribution is 2.19. The van der Waals surface area contributed by atoms with Crippen molar-refractivity contribution >= 4 is 24.1 Å². The average molecular weight is 252 g/mol. The molecule has 2 aromatic rings. The van der Waals surface area contributed by atoms with Gasteiger partial charge in [0.1, 0.15) is 0 Å². The van der Waals surface area contributed by atoms with Gasteiger partial charge in [-0.2, -0.15) is 0 Å². The Morgan fingerprint density at radius 1 is 1.47 bits per heavy atom. The van der Waals surface area contributed by atoms with E-state index in [0.717, 1.165) is 16.9 Å². The molecule has 0 saturated heterocycles. The summed E-state index contributed by atoms with van der Waals surface area (Å²) in [4.78, 5) is 10.9. The average Bonchev–Trinajstić information content (AvgIpc) is 2.83. The smallest absolute Gasteiger partial charge is 0.192 e. The zero-order valence-electron chi connectivity index (χ0n) is 9.34. The second-order valence-electron chi connectivity index (χ2n) is 3.28. The number of aromatic nitrogens is 2. The van der Waals surface area contributed by atoms with Crippen LogP contribution in [-0.2, 0) is 0 Å². The van der Waals surface area contributed by atoms with Gasteiger partial charge in [-0.15, -0.1) is 12.4 Å². The van der Waals surface area contributed by atoms with Crippen LogP contribution in [0.5, 0.6) is 0 Å². The lowest BCUT2D eigenvalue weighted by atomic mass is 10.1. The number of nitrogens with two attached hydrogens (primary N) is 1. The van der Waals surface area contributed by atoms with Gasteiger partial charge in [0, 0.05) is 18.3 Å². The molecule has 0 spiro atoms. The molecule has 1 aromatic carbocycles. The third-order valence-electron chi connectivity index (χ3n) is 2.19. The lowest BCUT2D eigenvalue weighted by molar-refractivity contribution is 1.31. The molecule has 0 unspecified atom stereocenters. The number of hydrogen-bond acceptors (Lipinski definition) is 2. The summed E-state index contributed by atoms with van der Waals surface area (Å²) in [5.41, 5.74) is 8.51. The van der Waals surface area contributed by atoms with Crippen LogP contribution < -0.4 is 11.1 Å². The highest BCUT2D eigenvalue weighted by Gasteiger charge is 2.00. The summed E-state index contributed by atoms with van der Waals surface area (Å²) in [7, 11) is 1.64. The SMILES string of the molecule is CN=C(N)Nc1cccc(-c2cnc[nH]2)c1.Cl. The summed E-state index contributed by atoms with van der Waals surface area (Å²) in [6.07, 6.45) is 3.42. The van der Waals surface area contributed by atoms with Gasteiger partial charge in [0.2, 0.25) is 0 Å². The summed E-state index contributed by atoms with van der Waals surface area (Å²) in [5, 5.41) is 2.99. The van der Waals surface area contributed by atoms with Crippen molar-refractivity contribution in [3.05, 3.63) is 36.8 Å². The van der Waals surface area contributed by atoms with E-state index >= 15 is 0 Å². The Morgan fingerprint density at radius 3 is 2.94 bits per heavy atom. The Bertz CT molecular complexity index is 492. The van der Waals surface area contributed by atoms with Crippen molar-refractivity contribution in [1.29, 1.82) is 0 Å². The van der Waals surface area contributed by atoms with E-state index in [9.17, 15) is 0 Å². The van der Waals surface area contributed by atoms with Crippen LogP contribution in [0.25, 0.3) is 11.3 Å². The molecule has 1 aromatic heterocycles. The molecule has 0 aliphatic rings. The lowest BCUT2D eigenvalue weighted by Crippen LogP contribution is -2.21. The predicted octanol–water partition coefficient (Wildman–Crippen LogP) is 1.85. The van der Waals surface area contributed by atoms with Gasteiger partial charge in [-0.05, 0) is 12.1 Å². The van der Waals surface area contributed by atoms with Crippen LogP contribution in [-0.4, -0.2) is 23.0 Å². The molecule has 2 rings (SSSR count). The molecule has 0 atom stereocenters. The number of imidazole rings is 1. The van der Waals surface area contributed by atoms with E-state index in [1.807, 2.05) is 24.3 Å². The molecule has 0 fully saturated rings. The van der Waals surface area contributed by atoms with Crippen LogP contribution >= 0.6 is 12.4 Å². The molecule has 6 heteroatoms. The molecule has 5 nitrogen and oxygen atoms in total. The Hall–Kier alpha value is -2.01. The third-order valence-corrected chi connectivity index (χ3v) is 2.19. The maximum atomic E-state index is 5.59. The van der Waals surface area contributed by atoms with E-state index in [1.165, 1.54) is 0 Å². The predicted molar refractivity (Wildman–Crippen MR) is 72.4 cm³/mol. The van der Waals surface area contributed by atoms with Crippen molar-refractivity contribution in [1.82, 2.24) is 9.97 Å². The maximum Gasteiger partial charge on any atom is 0.192 e. The number of aromatic amines is 1. The molecule has 0 aliphatic carbocycles. The second-order valence-corrected chi connectivity index (χ2v) is 3.28. The highest BCUT2D eigenvalue weighted by atomic mass is 35.5. The molecule has 0 saturated carbocycles. The lowest BCUT2D eigenvalue weighted by Gasteiger charge is -2.06. The van der Waals surface area contributed by atoms with Gasteiger partial charge in [0.25, 0.3) is 0 Å². The molecule has 4 N–H and O–H groups in total. The first-order valence-electron chi connectivity index (χ1n) is 4.87. The first kappa shape index (κ1) is 13.1. The number of nitrogens with one attached hydrogen (secondary N) is 2. The van der Waals surface area contributed by atoms with Crippen molar-refractivity contribution in [3.8, 4) is 11.3 Å². The van der Waals surface area contributed by atoms with Gasteiger partial charge < -0.3 is 16.0 Å². The van der Waals surface area contributed by atoms with Crippen LogP contribution in [0, 0.1) is 0 Å². The number of halogens is 1. The van der Waals surface area contributed by atoms with Crippen molar-refractivity contribution in [2.24, 2.45) is 10.7 Å². The number of H-pyrrole nitrogens is 1. The Balaban J connectivity index is 0.00000144. The van der Waals surface area contributed by atoms with Crippen molar-refractivity contribution < 1.29 is 0 Å². The van der Waals surface area contributed by atoms with Crippen LogP contribution in [0.2, 0.25) is 0 Å². The van der Waals surface area contributed by atoms with Gasteiger partial charge in [-0.25, -0.2) is 4.98 Å². The standard InChI is InChI=1S/C11H13N5.ClH/c1-13-11(12)16-9-4-2-3-8(5-9)10-6-14-7-15-10;/h2-7H,1H3,(H,14,15)(H3,12,13,16);1H. The Kier molecular flexibility index (Phi) is 4.54. The Labute approximate surface area is 106 Å². The minimum absolute atomic E-state index is 0. The van der Waals surface area contributed by atoms with Gasteiger partial charge in [0.05, 0.1) is 18.2 Å². The minimum Gasteiger partial charge on any atom is -0.370 e. The molecule has 17 heavy (non-hydrogen) atoms. The van der Waals surface area contributed by atoms with E-state index < -0.39 is 0 Å². The van der Waals surface area contributed by atoms with Gasteiger partial charge in [-0.3, -0.25) is 4.99 Å². The molecular formula is C11H14ClN5. The topological polar surface area (TPSA) is 79.1 Å². The molecule has 0 amide bonds. The van der Waals surface area contributed by atoms with E-state index in [1.54, 1.807) is 19.6 Å². The largest absolute Gasteiger partial charge is 0.370 e. The molecule has 1 heterocycles. The highest BCUT2D eigenvalue weighted by molar-refractivity contribution is 5.92. The Morgan fingerprint density at radius 2 is 2.29 bits per heavy atom. The summed E-state index contributed by atoms with van der Waals surface area (Å²) in [6, 6.07) is 7.85. The fourth-order valence-electron chi connectivity index (χ4n) is 1.38. The quantitative estimate of drug-likeness (QED) is 0.563. The summed E-state index contributed by atoms with van der Waals surface area (Å²) in [5.74, 6) is 0.391. The number of rotatable bonds is 2. The van der Waals surface area contributed by atoms with Crippen LogP contribution in [0.3, 0.4) is 0 Å². The first-order chi connectivity index (χ1) is 7.79. The van der Waals surface area contributed by atoms with Gasteiger partial charge in [-0.1, -0.05) is 12.1 Å². The number of guanidine groups is 1. The van der Waals surface area contributed by atoms with Crippen molar-refractivity contribution in [2.45, 2.75) is 0 Å². The zero-order valence-corrected chi connectivity index (χ0v) is 10.2. The monoisotopic (exact) mass is 251 g/mol. The second kappa shape index (κ2) is 5.91. The normalized spacial score (nSPS) is 10.8. The maximum absolute atomic E-state index is 5.59. The number of benzene rings is 1. The summed E-state index contributed by atoms with van der Waals surface area (Å²) >= 11 is 0. The van der Waals surface area contributed by atoms with Crippen LogP contribution in [0.15, 0.2) is 41.8 Å². The van der Waals surface area contributed by atoms with Crippen molar-refractivity contribution in [3.63, 3.8) is 0 Å². The number of aliphatic imine (C=N–C) groups is 1. The van der Waals surface area contributed by atoms with Gasteiger partial charge >= 0.3 is 0 Å². The number of nitrogens with zero attached hydrogens (tertiary/aromatic N) is 2. The van der Waals surface area contributed by atoms with Crippen LogP contribution in [0.4, 0.5) is 5.69 Å². The fourth-order valence-corrected chi connectivity index (χ4v) is 1.38. The van der Waals surface area contributed by atoms with Crippen molar-refractivity contribution in [2.75, 3.05) is 12.4 Å². The molecule has 0 radical (unpaired) electrons. The molecule has 0 bridgehead atoms. The van der Waals surface area contributed by atoms with E-state index in [-0.39, 0.29) is 12.4 Å². The number of hydrogen-bond donors (Lipinski definition) is 3. The minimum atomic E-state index is 0. The fraction of sp³-hybridized carbons (Fsp3) is 0.0909. The molecular weight excluding hydrogens is 238 g/mol. The van der Waals surface area contributed by atoms with Crippen LogP contribution in [0.1, 0.15) is 0 Å². The van der Waals surface area contributed by atoms with E-state index in [4.69, 9.17) is 5.73 Å². The molecule has 90 valence electrons. The van der Waals surface area contributed by atoms with E-state index in [2.05, 4.69) is 20.3 Å². The summed E-state index contributed by atoms with van der Waals surface area (Å²) < 4.78 is 0. The summed E-state index contributed by atoms with van der Waals surface area (Å²) in [6.45, 7) is 0.